The van der Waals surface area contributed by atoms with Gasteiger partial charge in [0.2, 0.25) is 0 Å². The minimum absolute atomic E-state index is 0.0919. The Bertz CT molecular complexity index is 605. The molecule has 0 amide bonds. The van der Waals surface area contributed by atoms with Crippen LogP contribution >= 0.6 is 0 Å². The van der Waals surface area contributed by atoms with Gasteiger partial charge in [0, 0.05) is 0 Å². The molecule has 9 unspecified atom stereocenters. The van der Waals surface area contributed by atoms with Crippen LogP contribution in [0.15, 0.2) is 11.6 Å². The molecule has 0 heterocycles. The summed E-state index contributed by atoms with van der Waals surface area (Å²) >= 11 is 0. The quantitative estimate of drug-likeness (QED) is 0.414. The second-order valence-electron chi connectivity index (χ2n) is 12.7. The SMILES string of the molecule is CCC(C(C)CCC(C)C(C)C)C1(C)CCC2C(CC=C3CC(O)CCC32C)C1C. The summed E-state index contributed by atoms with van der Waals surface area (Å²) in [4.78, 5) is 0. The summed E-state index contributed by atoms with van der Waals surface area (Å²) in [6.45, 7) is 20.1. The lowest BCUT2D eigenvalue weighted by atomic mass is 9.45. The van der Waals surface area contributed by atoms with Gasteiger partial charge in [-0.3, -0.25) is 0 Å². The molecule has 9 atom stereocenters. The van der Waals surface area contributed by atoms with E-state index in [4.69, 9.17) is 0 Å². The Labute approximate surface area is 188 Å². The number of allylic oxidation sites excluding steroid dienone is 1. The van der Waals surface area contributed by atoms with Crippen molar-refractivity contribution in [2.24, 2.45) is 52.3 Å². The van der Waals surface area contributed by atoms with Crippen molar-refractivity contribution in [1.82, 2.24) is 0 Å². The minimum Gasteiger partial charge on any atom is -0.393 e. The smallest absolute Gasteiger partial charge is 0.0577 e. The highest BCUT2D eigenvalue weighted by atomic mass is 16.3. The van der Waals surface area contributed by atoms with Gasteiger partial charge in [0.1, 0.15) is 0 Å². The van der Waals surface area contributed by atoms with Crippen molar-refractivity contribution in [2.45, 2.75) is 119 Å². The minimum atomic E-state index is -0.0919. The zero-order valence-corrected chi connectivity index (χ0v) is 21.5. The van der Waals surface area contributed by atoms with Crippen LogP contribution in [0.1, 0.15) is 113 Å². The number of fused-ring (bicyclic) bond motifs is 3. The van der Waals surface area contributed by atoms with Gasteiger partial charge in [0.25, 0.3) is 0 Å². The fraction of sp³-hybridized carbons (Fsp3) is 0.931. The van der Waals surface area contributed by atoms with E-state index in [1.807, 2.05) is 0 Å². The second-order valence-corrected chi connectivity index (χ2v) is 12.7. The van der Waals surface area contributed by atoms with E-state index >= 15 is 0 Å². The molecular formula is C29H52O. The van der Waals surface area contributed by atoms with Gasteiger partial charge in [-0.05, 0) is 90.8 Å². The fourth-order valence-corrected chi connectivity index (χ4v) is 8.24. The van der Waals surface area contributed by atoms with Gasteiger partial charge >= 0.3 is 0 Å². The van der Waals surface area contributed by atoms with Crippen LogP contribution in [0.2, 0.25) is 0 Å². The largest absolute Gasteiger partial charge is 0.393 e. The van der Waals surface area contributed by atoms with E-state index in [2.05, 4.69) is 61.5 Å². The molecular weight excluding hydrogens is 364 g/mol. The van der Waals surface area contributed by atoms with Crippen molar-refractivity contribution >= 4 is 0 Å². The van der Waals surface area contributed by atoms with Gasteiger partial charge in [0.15, 0.2) is 0 Å². The normalized spacial score (nSPS) is 42.1. The van der Waals surface area contributed by atoms with E-state index < -0.39 is 0 Å². The molecule has 1 heteroatoms. The third kappa shape index (κ3) is 4.31. The van der Waals surface area contributed by atoms with Crippen LogP contribution in [0, 0.1) is 52.3 Å². The van der Waals surface area contributed by atoms with Crippen LogP contribution in [-0.2, 0) is 0 Å². The molecule has 0 aliphatic heterocycles. The van der Waals surface area contributed by atoms with Crippen LogP contribution in [0.4, 0.5) is 0 Å². The average Bonchev–Trinajstić information content (AvgIpc) is 2.69. The van der Waals surface area contributed by atoms with Crippen LogP contribution in [0.25, 0.3) is 0 Å². The first kappa shape index (κ1) is 24.3. The maximum atomic E-state index is 10.2. The first-order valence-electron chi connectivity index (χ1n) is 13.4. The monoisotopic (exact) mass is 416 g/mol. The molecule has 1 N–H and O–H groups in total. The third-order valence-electron chi connectivity index (χ3n) is 11.0. The summed E-state index contributed by atoms with van der Waals surface area (Å²) in [6, 6.07) is 0. The van der Waals surface area contributed by atoms with Crippen molar-refractivity contribution in [1.29, 1.82) is 0 Å². The highest BCUT2D eigenvalue weighted by molar-refractivity contribution is 5.24. The predicted octanol–water partition coefficient (Wildman–Crippen LogP) is 8.27. The van der Waals surface area contributed by atoms with Crippen molar-refractivity contribution in [3.8, 4) is 0 Å². The first-order valence-corrected chi connectivity index (χ1v) is 13.4. The Balaban J connectivity index is 1.76. The highest BCUT2D eigenvalue weighted by Gasteiger charge is 2.55. The molecule has 0 spiro atoms. The Kier molecular flexibility index (Phi) is 7.53. The standard InChI is InChI=1S/C29H52O/c1-9-26(21(5)11-10-20(4)19(2)3)28(7)17-15-27-25(22(28)6)13-12-23-18-24(30)14-16-29(23,27)8/h12,19-22,24-27,30H,9-11,13-18H2,1-8H3. The third-order valence-corrected chi connectivity index (χ3v) is 11.0. The topological polar surface area (TPSA) is 20.2 Å². The van der Waals surface area contributed by atoms with Crippen LogP contribution in [-0.4, -0.2) is 11.2 Å². The molecule has 0 radical (unpaired) electrons. The predicted molar refractivity (Wildman–Crippen MR) is 130 cm³/mol. The molecule has 3 aliphatic rings. The number of hydrogen-bond donors (Lipinski definition) is 1. The lowest BCUT2D eigenvalue weighted by Gasteiger charge is -2.60. The second kappa shape index (κ2) is 9.29. The zero-order valence-electron chi connectivity index (χ0n) is 21.5. The number of aliphatic hydroxyl groups is 1. The maximum absolute atomic E-state index is 10.2. The van der Waals surface area contributed by atoms with Crippen molar-refractivity contribution in [3.05, 3.63) is 11.6 Å². The summed E-state index contributed by atoms with van der Waals surface area (Å²) in [5.41, 5.74) is 2.44. The lowest BCUT2D eigenvalue weighted by molar-refractivity contribution is -0.0809. The Hall–Kier alpha value is -0.300. The van der Waals surface area contributed by atoms with Crippen LogP contribution in [0.3, 0.4) is 0 Å². The summed E-state index contributed by atoms with van der Waals surface area (Å²) in [5, 5.41) is 10.2. The molecule has 0 saturated heterocycles. The van der Waals surface area contributed by atoms with Gasteiger partial charge in [-0.1, -0.05) is 86.3 Å². The summed E-state index contributed by atoms with van der Waals surface area (Å²) in [5.74, 6) is 5.79. The van der Waals surface area contributed by atoms with E-state index in [0.29, 0.717) is 10.8 Å². The van der Waals surface area contributed by atoms with Crippen LogP contribution in [0.5, 0.6) is 0 Å². The Morgan fingerprint density at radius 2 is 1.70 bits per heavy atom. The summed E-state index contributed by atoms with van der Waals surface area (Å²) < 4.78 is 0. The van der Waals surface area contributed by atoms with Gasteiger partial charge < -0.3 is 5.11 Å². The molecule has 2 fully saturated rings. The van der Waals surface area contributed by atoms with Gasteiger partial charge in [0.05, 0.1) is 6.10 Å². The molecule has 3 rings (SSSR count). The number of aliphatic hydroxyl groups excluding tert-OH is 1. The van der Waals surface area contributed by atoms with E-state index in [1.165, 1.54) is 44.9 Å². The van der Waals surface area contributed by atoms with Crippen molar-refractivity contribution in [3.63, 3.8) is 0 Å². The molecule has 3 aliphatic carbocycles. The highest BCUT2D eigenvalue weighted by Crippen LogP contribution is 2.63. The van der Waals surface area contributed by atoms with Gasteiger partial charge in [-0.15, -0.1) is 0 Å². The lowest BCUT2D eigenvalue weighted by Crippen LogP contribution is -2.52. The molecule has 0 bridgehead atoms. The maximum Gasteiger partial charge on any atom is 0.0577 e. The average molecular weight is 417 g/mol. The molecule has 1 nitrogen and oxygen atoms in total. The number of rotatable bonds is 7. The fourth-order valence-electron chi connectivity index (χ4n) is 8.24. The molecule has 2 saturated carbocycles. The van der Waals surface area contributed by atoms with E-state index in [9.17, 15) is 5.11 Å². The molecule has 0 aromatic rings. The van der Waals surface area contributed by atoms with Crippen molar-refractivity contribution in [2.75, 3.05) is 0 Å². The first-order chi connectivity index (χ1) is 14.0. The molecule has 0 aromatic carbocycles. The Morgan fingerprint density at radius 1 is 1.03 bits per heavy atom. The van der Waals surface area contributed by atoms with Crippen molar-refractivity contribution < 1.29 is 5.11 Å². The van der Waals surface area contributed by atoms with Gasteiger partial charge in [-0.2, -0.15) is 0 Å². The van der Waals surface area contributed by atoms with E-state index in [1.54, 1.807) is 5.57 Å². The zero-order chi connectivity index (χ0) is 22.3. The van der Waals surface area contributed by atoms with E-state index in [0.717, 1.165) is 54.3 Å². The molecule has 30 heavy (non-hydrogen) atoms. The Morgan fingerprint density at radius 3 is 2.33 bits per heavy atom. The summed E-state index contributed by atoms with van der Waals surface area (Å²) in [7, 11) is 0. The van der Waals surface area contributed by atoms with Gasteiger partial charge in [-0.25, -0.2) is 0 Å². The summed E-state index contributed by atoms with van der Waals surface area (Å²) in [6.07, 6.45) is 13.8. The molecule has 174 valence electrons. The van der Waals surface area contributed by atoms with Crippen LogP contribution < -0.4 is 0 Å². The molecule has 0 aromatic heterocycles. The number of hydrogen-bond acceptors (Lipinski definition) is 1. The van der Waals surface area contributed by atoms with E-state index in [-0.39, 0.29) is 6.10 Å².